The molecule has 0 spiro atoms. The fraction of sp³-hybridized carbons (Fsp3) is 0.250. The third-order valence-electron chi connectivity index (χ3n) is 3.16. The number of aliphatic hydroxyl groups is 1. The molecule has 0 aliphatic heterocycles. The first-order valence-corrected chi connectivity index (χ1v) is 6.53. The number of benzene rings is 2. The molecular weight excluding hydrogens is 276 g/mol. The van der Waals surface area contributed by atoms with Crippen molar-refractivity contribution in [2.75, 3.05) is 19.0 Å². The Balaban J connectivity index is 2.10. The zero-order valence-electron chi connectivity index (χ0n) is 11.9. The predicted octanol–water partition coefficient (Wildman–Crippen LogP) is 3.43. The van der Waals surface area contributed by atoms with Crippen molar-refractivity contribution in [2.45, 2.75) is 13.0 Å². The van der Waals surface area contributed by atoms with Crippen molar-refractivity contribution in [3.63, 3.8) is 0 Å². The summed E-state index contributed by atoms with van der Waals surface area (Å²) in [6, 6.07) is 8.69. The molecule has 0 aromatic heterocycles. The molecule has 0 bridgehead atoms. The average Bonchev–Trinajstić information content (AvgIpc) is 2.45. The summed E-state index contributed by atoms with van der Waals surface area (Å²) in [6.07, 6.45) is -1.09. The van der Waals surface area contributed by atoms with Gasteiger partial charge in [0.25, 0.3) is 0 Å². The molecule has 3 nitrogen and oxygen atoms in total. The molecule has 0 aliphatic rings. The number of halogens is 2. The van der Waals surface area contributed by atoms with Crippen LogP contribution in [-0.2, 0) is 0 Å². The van der Waals surface area contributed by atoms with Crippen molar-refractivity contribution in [1.29, 1.82) is 0 Å². The van der Waals surface area contributed by atoms with Gasteiger partial charge in [-0.3, -0.25) is 0 Å². The van der Waals surface area contributed by atoms with Gasteiger partial charge in [0.2, 0.25) is 0 Å². The standard InChI is InChI=1S/C16H17F2NO2/c1-10-3-6-16(21-2)14(7-10)19-9-15(20)12-5-4-11(17)8-13(12)18/h3-8,15,19-20H,9H2,1-2H3. The predicted molar refractivity (Wildman–Crippen MR) is 77.5 cm³/mol. The van der Waals surface area contributed by atoms with Crippen LogP contribution in [-0.4, -0.2) is 18.8 Å². The van der Waals surface area contributed by atoms with E-state index < -0.39 is 17.7 Å². The quantitative estimate of drug-likeness (QED) is 0.887. The van der Waals surface area contributed by atoms with E-state index in [2.05, 4.69) is 5.32 Å². The van der Waals surface area contributed by atoms with Gasteiger partial charge in [0, 0.05) is 18.2 Å². The van der Waals surface area contributed by atoms with E-state index >= 15 is 0 Å². The van der Waals surface area contributed by atoms with E-state index in [1.165, 1.54) is 6.07 Å². The van der Waals surface area contributed by atoms with Gasteiger partial charge < -0.3 is 15.2 Å². The third-order valence-corrected chi connectivity index (χ3v) is 3.16. The van der Waals surface area contributed by atoms with Gasteiger partial charge in [0.05, 0.1) is 18.9 Å². The number of anilines is 1. The smallest absolute Gasteiger partial charge is 0.141 e. The van der Waals surface area contributed by atoms with Crippen molar-refractivity contribution in [3.8, 4) is 5.75 Å². The molecule has 1 unspecified atom stereocenters. The molecular formula is C16H17F2NO2. The molecule has 2 aromatic rings. The van der Waals surface area contributed by atoms with E-state index in [0.717, 1.165) is 17.7 Å². The number of hydrogen-bond acceptors (Lipinski definition) is 3. The lowest BCUT2D eigenvalue weighted by molar-refractivity contribution is 0.186. The second-order valence-corrected chi connectivity index (χ2v) is 4.77. The zero-order chi connectivity index (χ0) is 15.4. The highest BCUT2D eigenvalue weighted by Gasteiger charge is 2.14. The number of rotatable bonds is 5. The van der Waals surface area contributed by atoms with Gasteiger partial charge in [-0.1, -0.05) is 12.1 Å². The lowest BCUT2D eigenvalue weighted by atomic mass is 10.1. The highest BCUT2D eigenvalue weighted by molar-refractivity contribution is 5.58. The fourth-order valence-electron chi connectivity index (χ4n) is 2.05. The number of nitrogens with one attached hydrogen (secondary N) is 1. The Morgan fingerprint density at radius 2 is 1.95 bits per heavy atom. The van der Waals surface area contributed by atoms with E-state index in [-0.39, 0.29) is 12.1 Å². The van der Waals surface area contributed by atoms with Gasteiger partial charge >= 0.3 is 0 Å². The SMILES string of the molecule is COc1ccc(C)cc1NCC(O)c1ccc(F)cc1F. The van der Waals surface area contributed by atoms with Gasteiger partial charge in [-0.25, -0.2) is 8.78 Å². The van der Waals surface area contributed by atoms with Crippen LogP contribution in [0.3, 0.4) is 0 Å². The molecule has 0 saturated heterocycles. The Kier molecular flexibility index (Phi) is 4.75. The summed E-state index contributed by atoms with van der Waals surface area (Å²) in [6.45, 7) is 2.02. The normalized spacial score (nSPS) is 12.0. The molecule has 112 valence electrons. The number of methoxy groups -OCH3 is 1. The van der Waals surface area contributed by atoms with Gasteiger partial charge in [-0.15, -0.1) is 0 Å². The van der Waals surface area contributed by atoms with Crippen LogP contribution in [0.1, 0.15) is 17.2 Å². The summed E-state index contributed by atoms with van der Waals surface area (Å²) < 4.78 is 31.6. The molecule has 0 radical (unpaired) electrons. The second kappa shape index (κ2) is 6.54. The van der Waals surface area contributed by atoms with Gasteiger partial charge in [-0.2, -0.15) is 0 Å². The van der Waals surface area contributed by atoms with E-state index in [0.29, 0.717) is 11.4 Å². The Labute approximate surface area is 122 Å². The van der Waals surface area contributed by atoms with Crippen molar-refractivity contribution >= 4 is 5.69 Å². The van der Waals surface area contributed by atoms with Crippen LogP contribution < -0.4 is 10.1 Å². The number of aliphatic hydroxyl groups excluding tert-OH is 1. The Hall–Kier alpha value is -2.14. The topological polar surface area (TPSA) is 41.5 Å². The summed E-state index contributed by atoms with van der Waals surface area (Å²) in [5.74, 6) is -0.801. The van der Waals surface area contributed by atoms with Crippen LogP contribution in [0.15, 0.2) is 36.4 Å². The first-order chi connectivity index (χ1) is 10.0. The first-order valence-electron chi connectivity index (χ1n) is 6.53. The molecule has 0 heterocycles. The fourth-order valence-corrected chi connectivity index (χ4v) is 2.05. The summed E-state index contributed by atoms with van der Waals surface area (Å²) >= 11 is 0. The molecule has 2 aromatic carbocycles. The van der Waals surface area contributed by atoms with Crippen LogP contribution >= 0.6 is 0 Å². The van der Waals surface area contributed by atoms with Crippen LogP contribution in [0.2, 0.25) is 0 Å². The monoisotopic (exact) mass is 293 g/mol. The van der Waals surface area contributed by atoms with Crippen molar-refractivity contribution in [1.82, 2.24) is 0 Å². The lowest BCUT2D eigenvalue weighted by Crippen LogP contribution is -2.14. The number of hydrogen-bond donors (Lipinski definition) is 2. The average molecular weight is 293 g/mol. The Bertz CT molecular complexity index is 632. The summed E-state index contributed by atoms with van der Waals surface area (Å²) in [4.78, 5) is 0. The molecule has 2 rings (SSSR count). The highest BCUT2D eigenvalue weighted by Crippen LogP contribution is 2.26. The molecule has 1 atom stereocenters. The highest BCUT2D eigenvalue weighted by atomic mass is 19.1. The summed E-state index contributed by atoms with van der Waals surface area (Å²) in [5.41, 5.74) is 1.79. The van der Waals surface area contributed by atoms with Crippen molar-refractivity contribution in [2.24, 2.45) is 0 Å². The third kappa shape index (κ3) is 3.70. The molecule has 21 heavy (non-hydrogen) atoms. The maximum atomic E-state index is 13.6. The largest absolute Gasteiger partial charge is 0.495 e. The van der Waals surface area contributed by atoms with E-state index in [9.17, 15) is 13.9 Å². The number of aryl methyl sites for hydroxylation is 1. The minimum atomic E-state index is -1.09. The van der Waals surface area contributed by atoms with Crippen molar-refractivity contribution < 1.29 is 18.6 Å². The minimum absolute atomic E-state index is 0.0514. The van der Waals surface area contributed by atoms with E-state index in [1.807, 2.05) is 25.1 Å². The van der Waals surface area contributed by atoms with Crippen molar-refractivity contribution in [3.05, 3.63) is 59.2 Å². The maximum absolute atomic E-state index is 13.6. The Morgan fingerprint density at radius 1 is 1.19 bits per heavy atom. The zero-order valence-corrected chi connectivity index (χ0v) is 11.9. The Morgan fingerprint density at radius 3 is 2.62 bits per heavy atom. The summed E-state index contributed by atoms with van der Waals surface area (Å²) in [7, 11) is 1.55. The van der Waals surface area contributed by atoms with Gasteiger partial charge in [-0.05, 0) is 30.7 Å². The molecule has 0 fully saturated rings. The second-order valence-electron chi connectivity index (χ2n) is 4.77. The molecule has 0 amide bonds. The molecule has 2 N–H and O–H groups in total. The van der Waals surface area contributed by atoms with Crippen LogP contribution in [0.5, 0.6) is 5.75 Å². The summed E-state index contributed by atoms with van der Waals surface area (Å²) in [5, 5.41) is 13.0. The molecule has 0 saturated carbocycles. The first kappa shape index (κ1) is 15.3. The van der Waals surface area contributed by atoms with E-state index in [4.69, 9.17) is 4.74 Å². The lowest BCUT2D eigenvalue weighted by Gasteiger charge is -2.16. The van der Waals surface area contributed by atoms with Crippen LogP contribution in [0.25, 0.3) is 0 Å². The maximum Gasteiger partial charge on any atom is 0.141 e. The van der Waals surface area contributed by atoms with Gasteiger partial charge in [0.15, 0.2) is 0 Å². The minimum Gasteiger partial charge on any atom is -0.495 e. The van der Waals surface area contributed by atoms with Gasteiger partial charge in [0.1, 0.15) is 17.4 Å². The van der Waals surface area contributed by atoms with E-state index in [1.54, 1.807) is 7.11 Å². The van der Waals surface area contributed by atoms with Crippen LogP contribution in [0.4, 0.5) is 14.5 Å². The van der Waals surface area contributed by atoms with Crippen LogP contribution in [0, 0.1) is 18.6 Å². The number of ether oxygens (including phenoxy) is 1. The molecule has 5 heteroatoms. The molecule has 0 aliphatic carbocycles.